The van der Waals surface area contributed by atoms with Gasteiger partial charge in [-0.05, 0) is 42.0 Å². The molecule has 0 bridgehead atoms. The molecule has 0 radical (unpaired) electrons. The topological polar surface area (TPSA) is 21.3 Å². The average Bonchev–Trinajstić information content (AvgIpc) is 3.31. The fraction of sp³-hybridized carbons (Fsp3) is 0.294. The second-order valence-electron chi connectivity index (χ2n) is 5.22. The zero-order chi connectivity index (χ0) is 13.9. The van der Waals surface area contributed by atoms with Gasteiger partial charge in [0, 0.05) is 12.6 Å². The molecule has 1 fully saturated rings. The number of anilines is 1. The Morgan fingerprint density at radius 2 is 2.05 bits per heavy atom. The van der Waals surface area contributed by atoms with E-state index in [0.717, 1.165) is 5.92 Å². The number of ether oxygens (including phenoxy) is 1. The second kappa shape index (κ2) is 5.53. The Labute approximate surface area is 118 Å². The Morgan fingerprint density at radius 3 is 2.80 bits per heavy atom. The number of rotatable bonds is 5. The molecule has 1 N–H and O–H groups in total. The first-order valence-corrected chi connectivity index (χ1v) is 6.92. The van der Waals surface area contributed by atoms with Gasteiger partial charge in [0.2, 0.25) is 0 Å². The van der Waals surface area contributed by atoms with Crippen molar-refractivity contribution in [3.8, 4) is 5.75 Å². The molecule has 0 amide bonds. The third-order valence-electron chi connectivity index (χ3n) is 3.66. The van der Waals surface area contributed by atoms with E-state index in [0.29, 0.717) is 18.0 Å². The summed E-state index contributed by atoms with van der Waals surface area (Å²) in [5.74, 6) is 1.13. The highest BCUT2D eigenvalue weighted by Crippen LogP contribution is 2.40. The number of hydrogen-bond acceptors (Lipinski definition) is 2. The quantitative estimate of drug-likeness (QED) is 0.874. The van der Waals surface area contributed by atoms with E-state index in [9.17, 15) is 4.39 Å². The summed E-state index contributed by atoms with van der Waals surface area (Å²) in [7, 11) is 1.58. The van der Waals surface area contributed by atoms with Gasteiger partial charge >= 0.3 is 0 Å². The number of nitrogens with one attached hydrogen (secondary N) is 1. The van der Waals surface area contributed by atoms with Crippen molar-refractivity contribution in [3.63, 3.8) is 0 Å². The van der Waals surface area contributed by atoms with Crippen molar-refractivity contribution in [1.29, 1.82) is 0 Å². The van der Waals surface area contributed by atoms with Crippen LogP contribution in [-0.4, -0.2) is 7.11 Å². The lowest BCUT2D eigenvalue weighted by Gasteiger charge is -2.10. The van der Waals surface area contributed by atoms with Crippen LogP contribution in [0.5, 0.6) is 5.75 Å². The zero-order valence-electron chi connectivity index (χ0n) is 11.5. The lowest BCUT2D eigenvalue weighted by Crippen LogP contribution is -2.02. The first kappa shape index (κ1) is 13.0. The summed E-state index contributed by atoms with van der Waals surface area (Å²) in [6, 6.07) is 13.2. The van der Waals surface area contributed by atoms with Crippen LogP contribution in [-0.2, 0) is 6.54 Å². The van der Waals surface area contributed by atoms with Crippen molar-refractivity contribution >= 4 is 5.69 Å². The highest BCUT2D eigenvalue weighted by atomic mass is 19.1. The molecular formula is C17H18FNO. The summed E-state index contributed by atoms with van der Waals surface area (Å²) in [5.41, 5.74) is 3.05. The summed E-state index contributed by atoms with van der Waals surface area (Å²) >= 11 is 0. The zero-order valence-corrected chi connectivity index (χ0v) is 11.5. The predicted molar refractivity (Wildman–Crippen MR) is 78.7 cm³/mol. The lowest BCUT2D eigenvalue weighted by molar-refractivity contribution is 0.414. The first-order valence-electron chi connectivity index (χ1n) is 6.92. The highest BCUT2D eigenvalue weighted by molar-refractivity contribution is 5.50. The van der Waals surface area contributed by atoms with Gasteiger partial charge in [0.05, 0.1) is 12.8 Å². The van der Waals surface area contributed by atoms with Gasteiger partial charge in [-0.2, -0.15) is 0 Å². The Kier molecular flexibility index (Phi) is 3.59. The van der Waals surface area contributed by atoms with E-state index in [1.165, 1.54) is 30.0 Å². The number of benzene rings is 2. The third kappa shape index (κ3) is 2.93. The van der Waals surface area contributed by atoms with Crippen LogP contribution >= 0.6 is 0 Å². The Bertz CT molecular complexity index is 608. The molecule has 2 aromatic rings. The standard InChI is InChI=1S/C17H18FNO/c1-20-15-7-8-16(18)17(10-15)19-11-12-3-2-4-14(9-12)13-5-6-13/h2-4,7-10,13,19H,5-6,11H2,1H3. The van der Waals surface area contributed by atoms with Crippen LogP contribution in [0.15, 0.2) is 42.5 Å². The van der Waals surface area contributed by atoms with Gasteiger partial charge in [-0.1, -0.05) is 24.3 Å². The average molecular weight is 271 g/mol. The minimum atomic E-state index is -0.260. The number of halogens is 1. The monoisotopic (exact) mass is 271 g/mol. The van der Waals surface area contributed by atoms with Crippen LogP contribution in [0.1, 0.15) is 29.9 Å². The van der Waals surface area contributed by atoms with Crippen molar-refractivity contribution in [2.75, 3.05) is 12.4 Å². The molecule has 3 rings (SSSR count). The normalized spacial score (nSPS) is 14.1. The molecule has 0 aromatic heterocycles. The van der Waals surface area contributed by atoms with Crippen LogP contribution in [0.3, 0.4) is 0 Å². The van der Waals surface area contributed by atoms with E-state index < -0.39 is 0 Å². The molecule has 2 nitrogen and oxygen atoms in total. The van der Waals surface area contributed by atoms with Gasteiger partial charge in [0.25, 0.3) is 0 Å². The van der Waals surface area contributed by atoms with Gasteiger partial charge in [-0.15, -0.1) is 0 Å². The molecular weight excluding hydrogens is 253 g/mol. The van der Waals surface area contributed by atoms with E-state index in [-0.39, 0.29) is 5.82 Å². The van der Waals surface area contributed by atoms with E-state index in [1.54, 1.807) is 19.2 Å². The summed E-state index contributed by atoms with van der Waals surface area (Å²) in [5, 5.41) is 3.14. The Hall–Kier alpha value is -2.03. The van der Waals surface area contributed by atoms with Crippen LogP contribution < -0.4 is 10.1 Å². The summed E-state index contributed by atoms with van der Waals surface area (Å²) in [6.07, 6.45) is 2.59. The van der Waals surface area contributed by atoms with Crippen molar-refractivity contribution in [2.24, 2.45) is 0 Å². The molecule has 2 aromatic carbocycles. The van der Waals surface area contributed by atoms with Gasteiger partial charge in [-0.3, -0.25) is 0 Å². The second-order valence-corrected chi connectivity index (χ2v) is 5.22. The van der Waals surface area contributed by atoms with Crippen molar-refractivity contribution < 1.29 is 9.13 Å². The minimum Gasteiger partial charge on any atom is -0.497 e. The van der Waals surface area contributed by atoms with Gasteiger partial charge in [-0.25, -0.2) is 4.39 Å². The summed E-state index contributed by atoms with van der Waals surface area (Å²) in [4.78, 5) is 0. The van der Waals surface area contributed by atoms with Crippen LogP contribution in [0, 0.1) is 5.82 Å². The molecule has 0 saturated heterocycles. The smallest absolute Gasteiger partial charge is 0.146 e. The third-order valence-corrected chi connectivity index (χ3v) is 3.66. The highest BCUT2D eigenvalue weighted by Gasteiger charge is 2.23. The van der Waals surface area contributed by atoms with Crippen LogP contribution in [0.2, 0.25) is 0 Å². The van der Waals surface area contributed by atoms with Crippen molar-refractivity contribution in [3.05, 3.63) is 59.4 Å². The maximum atomic E-state index is 13.7. The van der Waals surface area contributed by atoms with Crippen molar-refractivity contribution in [2.45, 2.75) is 25.3 Å². The van der Waals surface area contributed by atoms with E-state index in [1.807, 2.05) is 0 Å². The fourth-order valence-corrected chi connectivity index (χ4v) is 2.34. The number of methoxy groups -OCH3 is 1. The molecule has 0 aliphatic heterocycles. The molecule has 20 heavy (non-hydrogen) atoms. The van der Waals surface area contributed by atoms with E-state index in [4.69, 9.17) is 4.74 Å². The summed E-state index contributed by atoms with van der Waals surface area (Å²) < 4.78 is 18.8. The molecule has 1 aliphatic rings. The van der Waals surface area contributed by atoms with Gasteiger partial charge in [0.1, 0.15) is 11.6 Å². The molecule has 0 unspecified atom stereocenters. The minimum absolute atomic E-state index is 0.260. The van der Waals surface area contributed by atoms with Gasteiger partial charge < -0.3 is 10.1 Å². The molecule has 0 heterocycles. The maximum Gasteiger partial charge on any atom is 0.146 e. The maximum absolute atomic E-state index is 13.7. The Balaban J connectivity index is 1.71. The largest absolute Gasteiger partial charge is 0.497 e. The van der Waals surface area contributed by atoms with Crippen LogP contribution in [0.4, 0.5) is 10.1 Å². The fourth-order valence-electron chi connectivity index (χ4n) is 2.34. The molecule has 3 heteroatoms. The van der Waals surface area contributed by atoms with E-state index >= 15 is 0 Å². The SMILES string of the molecule is COc1ccc(F)c(NCc2cccc(C3CC3)c2)c1. The summed E-state index contributed by atoms with van der Waals surface area (Å²) in [6.45, 7) is 0.616. The molecule has 104 valence electrons. The predicted octanol–water partition coefficient (Wildman–Crippen LogP) is 4.32. The van der Waals surface area contributed by atoms with E-state index in [2.05, 4.69) is 29.6 Å². The molecule has 1 aliphatic carbocycles. The lowest BCUT2D eigenvalue weighted by atomic mass is 10.1. The molecule has 0 spiro atoms. The number of hydrogen-bond donors (Lipinski definition) is 1. The molecule has 1 saturated carbocycles. The van der Waals surface area contributed by atoms with Gasteiger partial charge in [0.15, 0.2) is 0 Å². The first-order chi connectivity index (χ1) is 9.76. The van der Waals surface area contributed by atoms with Crippen LogP contribution in [0.25, 0.3) is 0 Å². The van der Waals surface area contributed by atoms with Crippen molar-refractivity contribution in [1.82, 2.24) is 0 Å². The Morgan fingerprint density at radius 1 is 1.20 bits per heavy atom. The molecule has 0 atom stereocenters.